The monoisotopic (exact) mass is 351 g/mol. The summed E-state index contributed by atoms with van der Waals surface area (Å²) in [5.41, 5.74) is -0.273. The molecule has 0 fully saturated rings. The van der Waals surface area contributed by atoms with E-state index in [9.17, 15) is 17.6 Å². The van der Waals surface area contributed by atoms with Gasteiger partial charge in [-0.15, -0.1) is 0 Å². The number of aryl methyl sites for hydroxylation is 1. The molecule has 2 aromatic carbocycles. The lowest BCUT2D eigenvalue weighted by Crippen LogP contribution is -2.20. The molecule has 1 unspecified atom stereocenters. The van der Waals surface area contributed by atoms with E-state index in [1.165, 1.54) is 25.1 Å². The van der Waals surface area contributed by atoms with E-state index in [4.69, 9.17) is 10.00 Å². The number of nitriles is 1. The molecular weight excluding hydrogens is 334 g/mol. The van der Waals surface area contributed by atoms with Crippen LogP contribution < -0.4 is 0 Å². The van der Waals surface area contributed by atoms with Crippen molar-refractivity contribution in [3.05, 3.63) is 70.3 Å². The predicted molar refractivity (Wildman–Crippen MR) is 84.9 cm³/mol. The molecule has 2 nitrogen and oxygen atoms in total. The molecule has 1 atom stereocenters. The van der Waals surface area contributed by atoms with E-state index in [0.29, 0.717) is 0 Å². The SMILES string of the molecule is CCCc1ccc(C(F)(F)OC(C)c2cc(F)c(C#N)c(F)c2)cc1. The molecule has 0 N–H and O–H groups in total. The first kappa shape index (κ1) is 18.9. The van der Waals surface area contributed by atoms with Gasteiger partial charge in [-0.2, -0.15) is 14.0 Å². The minimum atomic E-state index is -3.62. The van der Waals surface area contributed by atoms with Crippen LogP contribution in [0.1, 0.15) is 48.6 Å². The smallest absolute Gasteiger partial charge is 0.309 e. The van der Waals surface area contributed by atoms with Gasteiger partial charge < -0.3 is 4.74 Å². The normalized spacial score (nSPS) is 12.7. The van der Waals surface area contributed by atoms with E-state index in [-0.39, 0.29) is 11.1 Å². The fourth-order valence-electron chi connectivity index (χ4n) is 2.45. The Morgan fingerprint density at radius 2 is 1.68 bits per heavy atom. The maximum absolute atomic E-state index is 14.3. The van der Waals surface area contributed by atoms with Crippen LogP contribution in [0.4, 0.5) is 17.6 Å². The summed E-state index contributed by atoms with van der Waals surface area (Å²) in [7, 11) is 0. The molecule has 0 amide bonds. The third-order valence-corrected chi connectivity index (χ3v) is 3.80. The van der Waals surface area contributed by atoms with Crippen LogP contribution >= 0.6 is 0 Å². The summed E-state index contributed by atoms with van der Waals surface area (Å²) in [5.74, 6) is -2.22. The van der Waals surface area contributed by atoms with Crippen LogP contribution in [0.3, 0.4) is 0 Å². The molecule has 2 aromatic rings. The van der Waals surface area contributed by atoms with Crippen molar-refractivity contribution in [3.63, 3.8) is 0 Å². The number of alkyl halides is 2. The molecule has 0 heterocycles. The predicted octanol–water partition coefficient (Wildman–Crippen LogP) is 5.62. The summed E-state index contributed by atoms with van der Waals surface area (Å²) < 4.78 is 60.6. The molecule has 0 aromatic heterocycles. The largest absolute Gasteiger partial charge is 0.383 e. The lowest BCUT2D eigenvalue weighted by molar-refractivity contribution is -0.272. The van der Waals surface area contributed by atoms with Gasteiger partial charge in [0.05, 0.1) is 11.7 Å². The Morgan fingerprint density at radius 3 is 2.16 bits per heavy atom. The van der Waals surface area contributed by atoms with E-state index in [2.05, 4.69) is 0 Å². The molecule has 0 aliphatic rings. The maximum atomic E-state index is 14.3. The Hall–Kier alpha value is -2.39. The molecule has 132 valence electrons. The maximum Gasteiger partial charge on any atom is 0.383 e. The molecule has 0 aliphatic carbocycles. The van der Waals surface area contributed by atoms with Crippen LogP contribution in [-0.2, 0) is 17.3 Å². The zero-order valence-electron chi connectivity index (χ0n) is 13.8. The van der Waals surface area contributed by atoms with Gasteiger partial charge in [0, 0.05) is 0 Å². The Bertz CT molecular complexity index is 758. The quantitative estimate of drug-likeness (QED) is 0.633. The first-order valence-corrected chi connectivity index (χ1v) is 7.82. The molecule has 0 bridgehead atoms. The van der Waals surface area contributed by atoms with Gasteiger partial charge in [0.2, 0.25) is 0 Å². The Labute approximate surface area is 143 Å². The van der Waals surface area contributed by atoms with Gasteiger partial charge in [-0.3, -0.25) is 0 Å². The van der Waals surface area contributed by atoms with Crippen molar-refractivity contribution in [1.82, 2.24) is 0 Å². The van der Waals surface area contributed by atoms with Gasteiger partial charge in [-0.05, 0) is 36.6 Å². The van der Waals surface area contributed by atoms with E-state index < -0.39 is 29.4 Å². The summed E-state index contributed by atoms with van der Waals surface area (Å²) >= 11 is 0. The molecule has 0 radical (unpaired) electrons. The van der Waals surface area contributed by atoms with E-state index in [1.54, 1.807) is 12.1 Å². The van der Waals surface area contributed by atoms with Gasteiger partial charge in [0.15, 0.2) is 0 Å². The van der Waals surface area contributed by atoms with E-state index in [1.807, 2.05) is 6.92 Å². The van der Waals surface area contributed by atoms with Crippen molar-refractivity contribution in [2.75, 3.05) is 0 Å². The molecule has 25 heavy (non-hydrogen) atoms. The highest BCUT2D eigenvalue weighted by atomic mass is 19.3. The van der Waals surface area contributed by atoms with Gasteiger partial charge in [-0.25, -0.2) is 8.78 Å². The third-order valence-electron chi connectivity index (χ3n) is 3.80. The Kier molecular flexibility index (Phi) is 5.81. The summed E-state index contributed by atoms with van der Waals surface area (Å²) in [6.07, 6.45) is -3.21. The number of benzene rings is 2. The van der Waals surface area contributed by atoms with Crippen molar-refractivity contribution in [2.24, 2.45) is 0 Å². The van der Waals surface area contributed by atoms with Gasteiger partial charge >= 0.3 is 6.11 Å². The highest BCUT2D eigenvalue weighted by molar-refractivity contribution is 5.36. The zero-order valence-corrected chi connectivity index (χ0v) is 13.8. The number of hydrogen-bond acceptors (Lipinski definition) is 2. The first-order chi connectivity index (χ1) is 11.8. The molecule has 0 saturated carbocycles. The molecular formula is C19H17F4NO. The first-order valence-electron chi connectivity index (χ1n) is 7.82. The molecule has 2 rings (SSSR count). The lowest BCUT2D eigenvalue weighted by Gasteiger charge is -2.22. The number of nitrogens with zero attached hydrogens (tertiary/aromatic N) is 1. The molecule has 0 spiro atoms. The Balaban J connectivity index is 2.20. The average Bonchev–Trinajstić information content (AvgIpc) is 2.55. The highest BCUT2D eigenvalue weighted by Gasteiger charge is 2.35. The van der Waals surface area contributed by atoms with Crippen molar-refractivity contribution in [1.29, 1.82) is 5.26 Å². The zero-order chi connectivity index (χ0) is 18.6. The van der Waals surface area contributed by atoms with Crippen LogP contribution in [0, 0.1) is 23.0 Å². The van der Waals surface area contributed by atoms with Gasteiger partial charge in [-0.1, -0.05) is 37.6 Å². The number of halogens is 4. The van der Waals surface area contributed by atoms with Gasteiger partial charge in [0.1, 0.15) is 23.3 Å². The minimum Gasteiger partial charge on any atom is -0.309 e. The second-order valence-electron chi connectivity index (χ2n) is 5.70. The van der Waals surface area contributed by atoms with Crippen LogP contribution in [0.15, 0.2) is 36.4 Å². The van der Waals surface area contributed by atoms with Crippen molar-refractivity contribution >= 4 is 0 Å². The van der Waals surface area contributed by atoms with Crippen molar-refractivity contribution in [2.45, 2.75) is 38.9 Å². The summed E-state index contributed by atoms with van der Waals surface area (Å²) in [4.78, 5) is 0. The van der Waals surface area contributed by atoms with Crippen LogP contribution in [0.25, 0.3) is 0 Å². The summed E-state index contributed by atoms with van der Waals surface area (Å²) in [6.45, 7) is 3.25. The molecule has 0 aliphatic heterocycles. The Morgan fingerprint density at radius 1 is 1.12 bits per heavy atom. The number of ether oxygens (including phenoxy) is 1. The summed E-state index contributed by atoms with van der Waals surface area (Å²) in [5, 5.41) is 8.64. The topological polar surface area (TPSA) is 33.0 Å². The fourth-order valence-corrected chi connectivity index (χ4v) is 2.45. The second kappa shape index (κ2) is 7.66. The van der Waals surface area contributed by atoms with Crippen molar-refractivity contribution in [3.8, 4) is 6.07 Å². The van der Waals surface area contributed by atoms with Crippen LogP contribution in [-0.4, -0.2) is 0 Å². The average molecular weight is 351 g/mol. The minimum absolute atomic E-state index is 0.115. The summed E-state index contributed by atoms with van der Waals surface area (Å²) in [6, 6.07) is 8.78. The standard InChI is InChI=1S/C19H17F4NO/c1-3-4-13-5-7-15(8-6-13)19(22,23)25-12(2)14-9-17(20)16(11-24)18(21)10-14/h5-10,12H,3-4H2,1-2H3. The van der Waals surface area contributed by atoms with E-state index >= 15 is 0 Å². The van der Waals surface area contributed by atoms with Crippen molar-refractivity contribution < 1.29 is 22.3 Å². The van der Waals surface area contributed by atoms with Gasteiger partial charge in [0.25, 0.3) is 0 Å². The van der Waals surface area contributed by atoms with Crippen LogP contribution in [0.2, 0.25) is 0 Å². The highest BCUT2D eigenvalue weighted by Crippen LogP contribution is 2.35. The number of hydrogen-bond donors (Lipinski definition) is 0. The fraction of sp³-hybridized carbons (Fsp3) is 0.316. The molecule has 6 heteroatoms. The number of rotatable bonds is 6. The lowest BCUT2D eigenvalue weighted by atomic mass is 10.1. The van der Waals surface area contributed by atoms with E-state index in [0.717, 1.165) is 30.5 Å². The third kappa shape index (κ3) is 4.37. The second-order valence-corrected chi connectivity index (χ2v) is 5.70. The van der Waals surface area contributed by atoms with Crippen LogP contribution in [0.5, 0.6) is 0 Å². The molecule has 0 saturated heterocycles.